The molecule has 0 unspecified atom stereocenters. The van der Waals surface area contributed by atoms with Crippen molar-refractivity contribution in [3.63, 3.8) is 0 Å². The molecule has 0 bridgehead atoms. The van der Waals surface area contributed by atoms with Crippen LogP contribution in [0.4, 0.5) is 5.82 Å². The highest BCUT2D eigenvalue weighted by molar-refractivity contribution is 5.32. The lowest BCUT2D eigenvalue weighted by Crippen LogP contribution is -2.28. The van der Waals surface area contributed by atoms with Crippen molar-refractivity contribution >= 4 is 5.82 Å². The third-order valence-electron chi connectivity index (χ3n) is 2.14. The minimum Gasteiger partial charge on any atom is -0.383 e. The second-order valence-corrected chi connectivity index (χ2v) is 3.44. The SMILES string of the molecule is COCCN(C)CCNc1ccccn1. The Hall–Kier alpha value is -1.13. The van der Waals surface area contributed by atoms with Gasteiger partial charge in [0, 0.05) is 32.9 Å². The van der Waals surface area contributed by atoms with Gasteiger partial charge in [0.1, 0.15) is 5.82 Å². The highest BCUT2D eigenvalue weighted by atomic mass is 16.5. The first kappa shape index (κ1) is 11.9. The van der Waals surface area contributed by atoms with Crippen LogP contribution < -0.4 is 5.32 Å². The van der Waals surface area contributed by atoms with Gasteiger partial charge in [-0.2, -0.15) is 0 Å². The van der Waals surface area contributed by atoms with Gasteiger partial charge in [0.05, 0.1) is 6.61 Å². The molecule has 0 saturated carbocycles. The first-order valence-electron chi connectivity index (χ1n) is 5.15. The van der Waals surface area contributed by atoms with E-state index in [1.54, 1.807) is 13.3 Å². The number of aromatic nitrogens is 1. The predicted molar refractivity (Wildman–Crippen MR) is 62.1 cm³/mol. The third kappa shape index (κ3) is 5.34. The Kier molecular flexibility index (Phi) is 5.73. The Labute approximate surface area is 91.3 Å². The van der Waals surface area contributed by atoms with Crippen molar-refractivity contribution in [3.8, 4) is 0 Å². The molecule has 1 rings (SSSR count). The van der Waals surface area contributed by atoms with Gasteiger partial charge in [-0.05, 0) is 19.2 Å². The fourth-order valence-corrected chi connectivity index (χ4v) is 1.20. The van der Waals surface area contributed by atoms with Crippen molar-refractivity contribution < 1.29 is 4.74 Å². The van der Waals surface area contributed by atoms with Crippen molar-refractivity contribution in [3.05, 3.63) is 24.4 Å². The number of methoxy groups -OCH3 is 1. The molecule has 1 N–H and O–H groups in total. The van der Waals surface area contributed by atoms with Crippen LogP contribution >= 0.6 is 0 Å². The molecule has 1 aromatic heterocycles. The number of pyridine rings is 1. The monoisotopic (exact) mass is 209 g/mol. The zero-order valence-corrected chi connectivity index (χ0v) is 9.44. The van der Waals surface area contributed by atoms with Crippen molar-refractivity contribution in [2.75, 3.05) is 45.7 Å². The molecular formula is C11H19N3O. The lowest BCUT2D eigenvalue weighted by Gasteiger charge is -2.16. The number of hydrogen-bond donors (Lipinski definition) is 1. The van der Waals surface area contributed by atoms with Gasteiger partial charge >= 0.3 is 0 Å². The van der Waals surface area contributed by atoms with Gasteiger partial charge in [-0.3, -0.25) is 0 Å². The Bertz CT molecular complexity index is 253. The minimum absolute atomic E-state index is 0.778. The second-order valence-electron chi connectivity index (χ2n) is 3.44. The molecule has 0 spiro atoms. The van der Waals surface area contributed by atoms with E-state index in [2.05, 4.69) is 22.2 Å². The number of nitrogens with one attached hydrogen (secondary N) is 1. The molecule has 0 saturated heterocycles. The van der Waals surface area contributed by atoms with Crippen molar-refractivity contribution in [1.29, 1.82) is 0 Å². The molecule has 4 nitrogen and oxygen atoms in total. The first-order chi connectivity index (χ1) is 7.33. The average molecular weight is 209 g/mol. The van der Waals surface area contributed by atoms with E-state index in [-0.39, 0.29) is 0 Å². The number of anilines is 1. The quantitative estimate of drug-likeness (QED) is 0.729. The van der Waals surface area contributed by atoms with Crippen LogP contribution in [0.5, 0.6) is 0 Å². The summed E-state index contributed by atoms with van der Waals surface area (Å²) in [5.74, 6) is 0.928. The van der Waals surface area contributed by atoms with Crippen molar-refractivity contribution in [2.45, 2.75) is 0 Å². The summed E-state index contributed by atoms with van der Waals surface area (Å²) >= 11 is 0. The molecule has 0 aliphatic rings. The van der Waals surface area contributed by atoms with Gasteiger partial charge in [-0.25, -0.2) is 4.98 Å². The maximum absolute atomic E-state index is 5.00. The molecule has 1 aromatic rings. The number of ether oxygens (including phenoxy) is 1. The number of nitrogens with zero attached hydrogens (tertiary/aromatic N) is 2. The van der Waals surface area contributed by atoms with Crippen LogP contribution in [0.15, 0.2) is 24.4 Å². The smallest absolute Gasteiger partial charge is 0.125 e. The zero-order valence-electron chi connectivity index (χ0n) is 9.44. The Morgan fingerprint density at radius 1 is 1.40 bits per heavy atom. The highest BCUT2D eigenvalue weighted by Gasteiger charge is 1.97. The van der Waals surface area contributed by atoms with E-state index in [0.717, 1.165) is 32.1 Å². The van der Waals surface area contributed by atoms with Crippen LogP contribution in [-0.2, 0) is 4.74 Å². The molecule has 15 heavy (non-hydrogen) atoms. The zero-order chi connectivity index (χ0) is 10.9. The fourth-order valence-electron chi connectivity index (χ4n) is 1.20. The molecule has 0 amide bonds. The molecule has 1 heterocycles. The summed E-state index contributed by atoms with van der Waals surface area (Å²) < 4.78 is 5.00. The van der Waals surface area contributed by atoms with Crippen molar-refractivity contribution in [2.24, 2.45) is 0 Å². The lowest BCUT2D eigenvalue weighted by molar-refractivity contribution is 0.163. The Morgan fingerprint density at radius 2 is 2.27 bits per heavy atom. The summed E-state index contributed by atoms with van der Waals surface area (Å²) in [6.07, 6.45) is 1.79. The van der Waals surface area contributed by atoms with Gasteiger partial charge in [-0.1, -0.05) is 6.07 Å². The van der Waals surface area contributed by atoms with Gasteiger partial charge in [0.2, 0.25) is 0 Å². The first-order valence-corrected chi connectivity index (χ1v) is 5.15. The van der Waals surface area contributed by atoms with Gasteiger partial charge in [-0.15, -0.1) is 0 Å². The third-order valence-corrected chi connectivity index (χ3v) is 2.14. The van der Waals surface area contributed by atoms with Crippen LogP contribution in [0.2, 0.25) is 0 Å². The summed E-state index contributed by atoms with van der Waals surface area (Å²) in [4.78, 5) is 6.41. The van der Waals surface area contributed by atoms with Crippen LogP contribution in [0.25, 0.3) is 0 Å². The fraction of sp³-hybridized carbons (Fsp3) is 0.545. The maximum Gasteiger partial charge on any atom is 0.125 e. The number of likely N-dealkylation sites (N-methyl/N-ethyl adjacent to an activating group) is 1. The summed E-state index contributed by atoms with van der Waals surface area (Å²) in [7, 11) is 3.80. The van der Waals surface area contributed by atoms with Gasteiger partial charge < -0.3 is 15.0 Å². The normalized spacial score (nSPS) is 10.6. The van der Waals surface area contributed by atoms with E-state index in [4.69, 9.17) is 4.74 Å². The van der Waals surface area contributed by atoms with Gasteiger partial charge in [0.15, 0.2) is 0 Å². The molecule has 0 aromatic carbocycles. The molecule has 84 valence electrons. The van der Waals surface area contributed by atoms with E-state index in [1.807, 2.05) is 18.2 Å². The van der Waals surface area contributed by atoms with Gasteiger partial charge in [0.25, 0.3) is 0 Å². The molecule has 0 fully saturated rings. The van der Waals surface area contributed by atoms with E-state index in [1.165, 1.54) is 0 Å². The summed E-state index contributed by atoms with van der Waals surface area (Å²) in [5.41, 5.74) is 0. The molecule has 0 aliphatic carbocycles. The van der Waals surface area contributed by atoms with Crippen molar-refractivity contribution in [1.82, 2.24) is 9.88 Å². The highest BCUT2D eigenvalue weighted by Crippen LogP contribution is 1.98. The molecule has 0 aliphatic heterocycles. The largest absolute Gasteiger partial charge is 0.383 e. The number of rotatable bonds is 7. The molecule has 0 atom stereocenters. The van der Waals surface area contributed by atoms with Crippen LogP contribution in [0, 0.1) is 0 Å². The topological polar surface area (TPSA) is 37.4 Å². The summed E-state index contributed by atoms with van der Waals surface area (Å²) in [5, 5.41) is 3.26. The van der Waals surface area contributed by atoms with E-state index in [0.29, 0.717) is 0 Å². The average Bonchev–Trinajstić information content (AvgIpc) is 2.28. The van der Waals surface area contributed by atoms with Crippen LogP contribution in [-0.4, -0.2) is 50.3 Å². The van der Waals surface area contributed by atoms with Crippen LogP contribution in [0.3, 0.4) is 0 Å². The summed E-state index contributed by atoms with van der Waals surface area (Å²) in [6.45, 7) is 3.62. The van der Waals surface area contributed by atoms with E-state index >= 15 is 0 Å². The van der Waals surface area contributed by atoms with Crippen LogP contribution in [0.1, 0.15) is 0 Å². The van der Waals surface area contributed by atoms with E-state index < -0.39 is 0 Å². The Balaban J connectivity index is 2.11. The molecule has 0 radical (unpaired) electrons. The predicted octanol–water partition coefficient (Wildman–Crippen LogP) is 1.07. The number of hydrogen-bond acceptors (Lipinski definition) is 4. The molecule has 4 heteroatoms. The minimum atomic E-state index is 0.778. The summed E-state index contributed by atoms with van der Waals surface area (Å²) in [6, 6.07) is 5.86. The standard InChI is InChI=1S/C11H19N3O/c1-14(9-10-15-2)8-7-13-11-5-3-4-6-12-11/h3-6H,7-10H2,1-2H3,(H,12,13). The second kappa shape index (κ2) is 7.20. The molecular weight excluding hydrogens is 190 g/mol. The maximum atomic E-state index is 5.00. The lowest BCUT2D eigenvalue weighted by atomic mass is 10.4. The Morgan fingerprint density at radius 3 is 2.93 bits per heavy atom. The van der Waals surface area contributed by atoms with E-state index in [9.17, 15) is 0 Å².